The molecule has 0 fully saturated rings. The molecule has 0 bridgehead atoms. The van der Waals surface area contributed by atoms with Gasteiger partial charge in [-0.15, -0.1) is 11.3 Å². The van der Waals surface area contributed by atoms with Gasteiger partial charge in [0, 0.05) is 13.1 Å². The van der Waals surface area contributed by atoms with Gasteiger partial charge in [0.05, 0.1) is 6.10 Å². The van der Waals surface area contributed by atoms with Gasteiger partial charge in [0.2, 0.25) is 0 Å². The van der Waals surface area contributed by atoms with E-state index in [0.717, 1.165) is 18.1 Å². The average molecular weight is 268 g/mol. The smallest absolute Gasteiger partial charge is 0.178 e. The van der Waals surface area contributed by atoms with Crippen molar-refractivity contribution in [1.29, 1.82) is 5.26 Å². The molecule has 1 rings (SSSR count). The summed E-state index contributed by atoms with van der Waals surface area (Å²) in [6, 6.07) is 2.09. The van der Waals surface area contributed by atoms with Gasteiger partial charge in [-0.05, 0) is 27.9 Å². The Morgan fingerprint density at radius 3 is 2.67 bits per heavy atom. The molecule has 1 aromatic heterocycles. The summed E-state index contributed by atoms with van der Waals surface area (Å²) in [6.07, 6.45) is 0.0304. The quantitative estimate of drug-likeness (QED) is 0.825. The third kappa shape index (κ3) is 3.79. The zero-order valence-electron chi connectivity index (χ0n) is 11.3. The highest BCUT2D eigenvalue weighted by molar-refractivity contribution is 7.17. The number of thiophene rings is 1. The predicted octanol–water partition coefficient (Wildman–Crippen LogP) is 1.96. The van der Waals surface area contributed by atoms with Crippen molar-refractivity contribution >= 4 is 22.0 Å². The van der Waals surface area contributed by atoms with Crippen molar-refractivity contribution in [2.24, 2.45) is 0 Å². The summed E-state index contributed by atoms with van der Waals surface area (Å²) >= 11 is 1.34. The van der Waals surface area contributed by atoms with Crippen LogP contribution in [0.5, 0.6) is 5.75 Å². The third-order valence-corrected chi connectivity index (χ3v) is 3.25. The van der Waals surface area contributed by atoms with Crippen LogP contribution in [0.4, 0.5) is 10.7 Å². The van der Waals surface area contributed by atoms with Gasteiger partial charge < -0.3 is 20.7 Å². The molecule has 5 nitrogen and oxygen atoms in total. The zero-order valence-corrected chi connectivity index (χ0v) is 12.1. The lowest BCUT2D eigenvalue weighted by atomic mass is 10.3. The topological polar surface area (TPSA) is 74.3 Å². The summed E-state index contributed by atoms with van der Waals surface area (Å²) in [4.78, 5) is 2.58. The minimum atomic E-state index is 0.0304. The third-order valence-electron chi connectivity index (χ3n) is 2.20. The summed E-state index contributed by atoms with van der Waals surface area (Å²) in [5, 5.41) is 13.1. The summed E-state index contributed by atoms with van der Waals surface area (Å²) < 4.78 is 5.67. The van der Waals surface area contributed by atoms with E-state index < -0.39 is 0 Å². The second-order valence-corrected chi connectivity index (χ2v) is 5.53. The molecule has 0 saturated heterocycles. The molecule has 0 spiro atoms. The van der Waals surface area contributed by atoms with Gasteiger partial charge in [0.25, 0.3) is 0 Å². The van der Waals surface area contributed by atoms with E-state index in [0.29, 0.717) is 16.3 Å². The van der Waals surface area contributed by atoms with E-state index in [1.807, 2.05) is 27.9 Å². The Balaban J connectivity index is 2.85. The number of anilines is 2. The van der Waals surface area contributed by atoms with Crippen LogP contribution in [0.15, 0.2) is 0 Å². The Bertz CT molecular complexity index is 434. The Morgan fingerprint density at radius 1 is 1.50 bits per heavy atom. The highest BCUT2D eigenvalue weighted by atomic mass is 32.1. The van der Waals surface area contributed by atoms with Crippen molar-refractivity contribution in [2.45, 2.75) is 20.0 Å². The van der Waals surface area contributed by atoms with Crippen molar-refractivity contribution < 1.29 is 4.74 Å². The first-order valence-electron chi connectivity index (χ1n) is 5.83. The van der Waals surface area contributed by atoms with Crippen LogP contribution in [0.25, 0.3) is 0 Å². The summed E-state index contributed by atoms with van der Waals surface area (Å²) in [7, 11) is 4.02. The van der Waals surface area contributed by atoms with Crippen molar-refractivity contribution in [3.8, 4) is 11.8 Å². The Morgan fingerprint density at radius 2 is 2.17 bits per heavy atom. The molecule has 0 aliphatic carbocycles. The standard InChI is InChI=1S/C12H20N4OS/c1-8(2)17-11-10(14)9(7-13)18-12(11)15-5-6-16(3)4/h8,15H,5-6,14H2,1-4H3. The van der Waals surface area contributed by atoms with Crippen molar-refractivity contribution in [3.05, 3.63) is 4.88 Å². The average Bonchev–Trinajstić information content (AvgIpc) is 2.56. The number of hydrogen-bond donors (Lipinski definition) is 2. The number of nitrogen functional groups attached to an aromatic ring is 1. The lowest BCUT2D eigenvalue weighted by Gasteiger charge is -2.14. The van der Waals surface area contributed by atoms with E-state index in [1.54, 1.807) is 0 Å². The van der Waals surface area contributed by atoms with E-state index in [4.69, 9.17) is 15.7 Å². The fourth-order valence-corrected chi connectivity index (χ4v) is 2.25. The number of likely N-dealkylation sites (N-methyl/N-ethyl adjacent to an activating group) is 1. The first-order chi connectivity index (χ1) is 8.45. The number of hydrogen-bond acceptors (Lipinski definition) is 6. The summed E-state index contributed by atoms with van der Waals surface area (Å²) in [5.74, 6) is 0.602. The molecule has 0 saturated carbocycles. The fraction of sp³-hybridized carbons (Fsp3) is 0.583. The van der Waals surface area contributed by atoms with Gasteiger partial charge in [-0.3, -0.25) is 0 Å². The molecular weight excluding hydrogens is 248 g/mol. The van der Waals surface area contributed by atoms with Gasteiger partial charge in [-0.25, -0.2) is 0 Å². The highest BCUT2D eigenvalue weighted by Gasteiger charge is 2.18. The van der Waals surface area contributed by atoms with Gasteiger partial charge in [0.15, 0.2) is 5.75 Å². The molecule has 18 heavy (non-hydrogen) atoms. The number of nitrogens with one attached hydrogen (secondary N) is 1. The minimum Gasteiger partial charge on any atom is -0.486 e. The number of nitriles is 1. The molecule has 0 unspecified atom stereocenters. The Hall–Kier alpha value is -1.45. The molecule has 0 amide bonds. The van der Waals surface area contributed by atoms with Crippen molar-refractivity contribution in [2.75, 3.05) is 38.2 Å². The summed E-state index contributed by atoms with van der Waals surface area (Å²) in [5.41, 5.74) is 6.34. The minimum absolute atomic E-state index is 0.0304. The van der Waals surface area contributed by atoms with E-state index in [2.05, 4.69) is 16.3 Å². The van der Waals surface area contributed by atoms with Gasteiger partial charge >= 0.3 is 0 Å². The van der Waals surface area contributed by atoms with Crippen LogP contribution in [0.3, 0.4) is 0 Å². The van der Waals surface area contributed by atoms with E-state index in [-0.39, 0.29) is 6.10 Å². The second kappa shape index (κ2) is 6.47. The molecule has 0 radical (unpaired) electrons. The second-order valence-electron chi connectivity index (χ2n) is 4.51. The molecule has 0 atom stereocenters. The van der Waals surface area contributed by atoms with E-state index in [9.17, 15) is 0 Å². The van der Waals surface area contributed by atoms with Crippen LogP contribution < -0.4 is 15.8 Å². The Kier molecular flexibility index (Phi) is 5.25. The first-order valence-corrected chi connectivity index (χ1v) is 6.65. The molecule has 1 heterocycles. The summed E-state index contributed by atoms with van der Waals surface area (Å²) in [6.45, 7) is 5.56. The van der Waals surface area contributed by atoms with Crippen molar-refractivity contribution in [3.63, 3.8) is 0 Å². The van der Waals surface area contributed by atoms with Gasteiger partial charge in [0.1, 0.15) is 21.6 Å². The highest BCUT2D eigenvalue weighted by Crippen LogP contribution is 2.42. The molecule has 100 valence electrons. The predicted molar refractivity (Wildman–Crippen MR) is 76.3 cm³/mol. The first kappa shape index (κ1) is 14.6. The van der Waals surface area contributed by atoms with Crippen LogP contribution in [-0.2, 0) is 0 Å². The number of nitrogens with zero attached hydrogens (tertiary/aromatic N) is 2. The molecule has 1 aromatic rings. The monoisotopic (exact) mass is 268 g/mol. The van der Waals surface area contributed by atoms with Crippen LogP contribution >= 0.6 is 11.3 Å². The maximum Gasteiger partial charge on any atom is 0.178 e. The van der Waals surface area contributed by atoms with Crippen LogP contribution in [0, 0.1) is 11.3 Å². The molecule has 6 heteroatoms. The normalized spacial score (nSPS) is 10.7. The van der Waals surface area contributed by atoms with Gasteiger partial charge in [-0.1, -0.05) is 0 Å². The number of nitrogens with two attached hydrogens (primary N) is 1. The zero-order chi connectivity index (χ0) is 13.7. The molecule has 0 aliphatic rings. The SMILES string of the molecule is CC(C)Oc1c(NCCN(C)C)sc(C#N)c1N. The van der Waals surface area contributed by atoms with Crippen LogP contribution in [0.2, 0.25) is 0 Å². The lowest BCUT2D eigenvalue weighted by molar-refractivity contribution is 0.246. The molecular formula is C12H20N4OS. The maximum absolute atomic E-state index is 8.99. The van der Waals surface area contributed by atoms with Crippen LogP contribution in [-0.4, -0.2) is 38.2 Å². The van der Waals surface area contributed by atoms with E-state index >= 15 is 0 Å². The molecule has 0 aromatic carbocycles. The maximum atomic E-state index is 8.99. The van der Waals surface area contributed by atoms with Crippen LogP contribution in [0.1, 0.15) is 18.7 Å². The number of rotatable bonds is 6. The molecule has 0 aliphatic heterocycles. The van der Waals surface area contributed by atoms with Crippen molar-refractivity contribution in [1.82, 2.24) is 4.90 Å². The Labute approximate surface area is 112 Å². The van der Waals surface area contributed by atoms with Gasteiger partial charge in [-0.2, -0.15) is 5.26 Å². The molecule has 3 N–H and O–H groups in total. The fourth-order valence-electron chi connectivity index (χ4n) is 1.37. The number of ether oxygens (including phenoxy) is 1. The largest absolute Gasteiger partial charge is 0.486 e. The lowest BCUT2D eigenvalue weighted by Crippen LogP contribution is -2.20. The van der Waals surface area contributed by atoms with E-state index in [1.165, 1.54) is 11.3 Å².